The Labute approximate surface area is 138 Å². The molecule has 2 aromatic rings. The van der Waals surface area contributed by atoms with Crippen LogP contribution < -0.4 is 4.74 Å². The summed E-state index contributed by atoms with van der Waals surface area (Å²) < 4.78 is 12.2. The number of hydrogen-bond donors (Lipinski definition) is 0. The van der Waals surface area contributed by atoms with Crippen molar-refractivity contribution in [3.8, 4) is 5.75 Å². The second-order valence-corrected chi connectivity index (χ2v) is 6.48. The van der Waals surface area contributed by atoms with Gasteiger partial charge in [0, 0.05) is 15.9 Å². The van der Waals surface area contributed by atoms with E-state index in [1.54, 1.807) is 0 Å². The average Bonchev–Trinajstić information content (AvgIpc) is 2.98. The van der Waals surface area contributed by atoms with Crippen molar-refractivity contribution in [3.63, 3.8) is 0 Å². The van der Waals surface area contributed by atoms with E-state index in [1.807, 2.05) is 24.3 Å². The van der Waals surface area contributed by atoms with Gasteiger partial charge >= 0.3 is 0 Å². The first-order valence-corrected chi connectivity index (χ1v) is 8.15. The van der Waals surface area contributed by atoms with Gasteiger partial charge in [-0.1, -0.05) is 39.7 Å². The highest BCUT2D eigenvalue weighted by molar-refractivity contribution is 9.10. The Morgan fingerprint density at radius 2 is 2.00 bits per heavy atom. The van der Waals surface area contributed by atoms with E-state index in [-0.39, 0.29) is 6.10 Å². The normalized spacial score (nSPS) is 17.9. The van der Waals surface area contributed by atoms with Gasteiger partial charge in [-0.15, -0.1) is 0 Å². The molecule has 3 rings (SSSR count). The highest BCUT2D eigenvalue weighted by atomic mass is 79.9. The molecule has 1 aliphatic heterocycles. The van der Waals surface area contributed by atoms with E-state index in [2.05, 4.69) is 34.1 Å². The van der Waals surface area contributed by atoms with Crippen LogP contribution in [-0.4, -0.2) is 19.3 Å². The molecule has 2 nitrogen and oxygen atoms in total. The summed E-state index contributed by atoms with van der Waals surface area (Å²) in [5.74, 6) is 0.898. The van der Waals surface area contributed by atoms with E-state index in [4.69, 9.17) is 21.1 Å². The van der Waals surface area contributed by atoms with Crippen molar-refractivity contribution in [3.05, 3.63) is 63.1 Å². The van der Waals surface area contributed by atoms with Gasteiger partial charge in [-0.3, -0.25) is 0 Å². The first-order chi connectivity index (χ1) is 10.2. The fourth-order valence-corrected chi connectivity index (χ4v) is 2.98. The molecule has 110 valence electrons. The summed E-state index contributed by atoms with van der Waals surface area (Å²) in [5.41, 5.74) is 2.33. The van der Waals surface area contributed by atoms with Gasteiger partial charge in [0.2, 0.25) is 0 Å². The lowest BCUT2D eigenvalue weighted by atomic mass is 10.0. The molecule has 2 aromatic carbocycles. The monoisotopic (exact) mass is 366 g/mol. The molecule has 0 aromatic heterocycles. The first-order valence-electron chi connectivity index (χ1n) is 6.98. The van der Waals surface area contributed by atoms with Crippen LogP contribution in [0.1, 0.15) is 17.5 Å². The molecule has 4 heteroatoms. The first kappa shape index (κ1) is 14.9. The van der Waals surface area contributed by atoms with Gasteiger partial charge in [-0.25, -0.2) is 0 Å². The van der Waals surface area contributed by atoms with Gasteiger partial charge in [0.05, 0.1) is 13.2 Å². The maximum atomic E-state index is 6.23. The molecule has 21 heavy (non-hydrogen) atoms. The Hall–Kier alpha value is -1.03. The fraction of sp³-hybridized carbons (Fsp3) is 0.294. The zero-order valence-corrected chi connectivity index (χ0v) is 13.9. The quantitative estimate of drug-likeness (QED) is 0.768. The molecule has 0 saturated carbocycles. The predicted molar refractivity (Wildman–Crippen MR) is 88.3 cm³/mol. The molecule has 1 saturated heterocycles. The Morgan fingerprint density at radius 1 is 1.19 bits per heavy atom. The molecule has 0 amide bonds. The zero-order chi connectivity index (χ0) is 14.7. The zero-order valence-electron chi connectivity index (χ0n) is 11.5. The Bertz CT molecular complexity index is 607. The minimum absolute atomic E-state index is 0.190. The number of benzene rings is 2. The summed E-state index contributed by atoms with van der Waals surface area (Å²) in [4.78, 5) is 0. The number of hydrogen-bond acceptors (Lipinski definition) is 2. The van der Waals surface area contributed by atoms with E-state index in [1.165, 1.54) is 5.56 Å². The van der Waals surface area contributed by atoms with Crippen LogP contribution in [0.2, 0.25) is 5.02 Å². The molecule has 0 radical (unpaired) electrons. The highest BCUT2D eigenvalue weighted by Crippen LogP contribution is 2.25. The van der Waals surface area contributed by atoms with Gasteiger partial charge in [0.15, 0.2) is 0 Å². The van der Waals surface area contributed by atoms with E-state index in [0.717, 1.165) is 40.3 Å². The van der Waals surface area contributed by atoms with Gasteiger partial charge in [-0.05, 0) is 47.9 Å². The summed E-state index contributed by atoms with van der Waals surface area (Å²) in [7, 11) is 0. The van der Waals surface area contributed by atoms with Crippen LogP contribution in [0.25, 0.3) is 0 Å². The van der Waals surface area contributed by atoms with Crippen LogP contribution >= 0.6 is 27.5 Å². The van der Waals surface area contributed by atoms with Crippen LogP contribution in [0.15, 0.2) is 46.9 Å². The van der Waals surface area contributed by atoms with Crippen molar-refractivity contribution in [1.82, 2.24) is 0 Å². The van der Waals surface area contributed by atoms with Crippen LogP contribution in [0.3, 0.4) is 0 Å². The maximum absolute atomic E-state index is 6.23. The number of halogens is 2. The molecular weight excluding hydrogens is 352 g/mol. The average molecular weight is 368 g/mol. The largest absolute Gasteiger partial charge is 0.488 e. The van der Waals surface area contributed by atoms with E-state index in [9.17, 15) is 0 Å². The second kappa shape index (κ2) is 6.82. The number of ether oxygens (including phenoxy) is 2. The Balaban J connectivity index is 1.67. The lowest BCUT2D eigenvalue weighted by Gasteiger charge is -2.12. The van der Waals surface area contributed by atoms with Crippen LogP contribution in [0, 0.1) is 0 Å². The molecule has 0 aliphatic carbocycles. The van der Waals surface area contributed by atoms with Crippen molar-refractivity contribution < 1.29 is 9.47 Å². The molecule has 0 N–H and O–H groups in total. The SMILES string of the molecule is Clc1ccc(Br)cc1Cc1ccc(OC2CCOC2)cc1. The third kappa shape index (κ3) is 4.00. The Morgan fingerprint density at radius 3 is 2.71 bits per heavy atom. The summed E-state index contributed by atoms with van der Waals surface area (Å²) in [6.45, 7) is 1.49. The third-order valence-electron chi connectivity index (χ3n) is 3.52. The van der Waals surface area contributed by atoms with Crippen LogP contribution in [-0.2, 0) is 11.2 Å². The summed E-state index contributed by atoms with van der Waals surface area (Å²) in [6, 6.07) is 14.1. The molecule has 0 bridgehead atoms. The topological polar surface area (TPSA) is 18.5 Å². The highest BCUT2D eigenvalue weighted by Gasteiger charge is 2.16. The minimum Gasteiger partial charge on any atom is -0.488 e. The van der Waals surface area contributed by atoms with Crippen LogP contribution in [0.5, 0.6) is 5.75 Å². The lowest BCUT2D eigenvalue weighted by Crippen LogP contribution is -2.15. The summed E-state index contributed by atoms with van der Waals surface area (Å²) >= 11 is 9.71. The van der Waals surface area contributed by atoms with Crippen molar-refractivity contribution in [2.45, 2.75) is 18.9 Å². The van der Waals surface area contributed by atoms with Crippen molar-refractivity contribution in [1.29, 1.82) is 0 Å². The maximum Gasteiger partial charge on any atom is 0.124 e. The Kier molecular flexibility index (Phi) is 4.84. The van der Waals surface area contributed by atoms with Gasteiger partial charge in [-0.2, -0.15) is 0 Å². The summed E-state index contributed by atoms with van der Waals surface area (Å²) in [5, 5.41) is 0.793. The van der Waals surface area contributed by atoms with Gasteiger partial charge in [0.25, 0.3) is 0 Å². The molecule has 1 fully saturated rings. The molecule has 1 unspecified atom stereocenters. The van der Waals surface area contributed by atoms with Crippen LogP contribution in [0.4, 0.5) is 0 Å². The van der Waals surface area contributed by atoms with Crippen molar-refractivity contribution in [2.75, 3.05) is 13.2 Å². The smallest absolute Gasteiger partial charge is 0.124 e. The summed E-state index contributed by atoms with van der Waals surface area (Å²) in [6.07, 6.45) is 1.97. The van der Waals surface area contributed by atoms with Crippen molar-refractivity contribution in [2.24, 2.45) is 0 Å². The number of rotatable bonds is 4. The molecule has 1 atom stereocenters. The lowest BCUT2D eigenvalue weighted by molar-refractivity contribution is 0.141. The molecular formula is C17H16BrClO2. The van der Waals surface area contributed by atoms with Crippen molar-refractivity contribution >= 4 is 27.5 Å². The van der Waals surface area contributed by atoms with Gasteiger partial charge in [0.1, 0.15) is 11.9 Å². The fourth-order valence-electron chi connectivity index (χ4n) is 2.38. The second-order valence-electron chi connectivity index (χ2n) is 5.16. The van der Waals surface area contributed by atoms with Gasteiger partial charge < -0.3 is 9.47 Å². The predicted octanol–water partition coefficient (Wildman–Crippen LogP) is 4.86. The van der Waals surface area contributed by atoms with E-state index >= 15 is 0 Å². The minimum atomic E-state index is 0.190. The van der Waals surface area contributed by atoms with E-state index < -0.39 is 0 Å². The molecule has 1 heterocycles. The van der Waals surface area contributed by atoms with E-state index in [0.29, 0.717) is 6.61 Å². The molecule has 0 spiro atoms. The third-order valence-corrected chi connectivity index (χ3v) is 4.38. The molecule has 1 aliphatic rings. The standard InChI is InChI=1S/C17H16BrClO2/c18-14-3-6-17(19)13(10-14)9-12-1-4-15(5-2-12)21-16-7-8-20-11-16/h1-6,10,16H,7-9,11H2.